The van der Waals surface area contributed by atoms with Gasteiger partial charge >= 0.3 is 0 Å². The van der Waals surface area contributed by atoms with Crippen LogP contribution in [0.15, 0.2) is 58.2 Å². The summed E-state index contributed by atoms with van der Waals surface area (Å²) in [6.07, 6.45) is 3.32. The lowest BCUT2D eigenvalue weighted by Crippen LogP contribution is -2.30. The van der Waals surface area contributed by atoms with Crippen molar-refractivity contribution in [3.05, 3.63) is 58.8 Å². The fourth-order valence-electron chi connectivity index (χ4n) is 1.84. The molecule has 0 fully saturated rings. The zero-order chi connectivity index (χ0) is 14.6. The van der Waals surface area contributed by atoms with E-state index < -0.39 is 10.0 Å². The van der Waals surface area contributed by atoms with Crippen LogP contribution in [-0.2, 0) is 16.6 Å². The molecular formula is C14H15BrN2O2S. The first kappa shape index (κ1) is 15.2. The van der Waals surface area contributed by atoms with Gasteiger partial charge in [0.25, 0.3) is 0 Å². The van der Waals surface area contributed by atoms with Gasteiger partial charge in [-0.1, -0.05) is 28.9 Å². The standard InChI is InChI=1S/C14H15BrN2O2S/c1-2-17(11-12-6-8-16-9-7-12)20(18,19)14-5-3-4-13(15)10-14/h3-10H,2,11H2,1H3. The summed E-state index contributed by atoms with van der Waals surface area (Å²) in [7, 11) is -3.49. The highest BCUT2D eigenvalue weighted by Gasteiger charge is 2.23. The van der Waals surface area contributed by atoms with Crippen molar-refractivity contribution in [3.63, 3.8) is 0 Å². The number of hydrogen-bond acceptors (Lipinski definition) is 3. The summed E-state index contributed by atoms with van der Waals surface area (Å²) in [5.41, 5.74) is 0.917. The lowest BCUT2D eigenvalue weighted by Gasteiger charge is -2.20. The maximum Gasteiger partial charge on any atom is 0.243 e. The van der Waals surface area contributed by atoms with Gasteiger partial charge in [-0.25, -0.2) is 8.42 Å². The Morgan fingerprint density at radius 2 is 1.90 bits per heavy atom. The molecule has 0 saturated heterocycles. The molecule has 0 amide bonds. The molecule has 0 aliphatic carbocycles. The molecule has 1 aromatic heterocycles. The highest BCUT2D eigenvalue weighted by molar-refractivity contribution is 9.10. The third kappa shape index (κ3) is 3.45. The Morgan fingerprint density at radius 1 is 1.20 bits per heavy atom. The monoisotopic (exact) mass is 354 g/mol. The number of benzene rings is 1. The summed E-state index contributed by atoms with van der Waals surface area (Å²) >= 11 is 3.30. The minimum atomic E-state index is -3.49. The third-order valence-corrected chi connectivity index (χ3v) is 5.30. The van der Waals surface area contributed by atoms with Crippen LogP contribution in [0.4, 0.5) is 0 Å². The van der Waals surface area contributed by atoms with Crippen molar-refractivity contribution < 1.29 is 8.42 Å². The van der Waals surface area contributed by atoms with Gasteiger partial charge in [-0.05, 0) is 35.9 Å². The predicted molar refractivity (Wildman–Crippen MR) is 81.6 cm³/mol. The van der Waals surface area contributed by atoms with E-state index in [4.69, 9.17) is 0 Å². The Balaban J connectivity index is 2.31. The first-order valence-corrected chi connectivity index (χ1v) is 8.42. The Bertz CT molecular complexity index is 675. The second-order valence-corrected chi connectivity index (χ2v) is 7.10. The van der Waals surface area contributed by atoms with Crippen LogP contribution in [0.3, 0.4) is 0 Å². The molecule has 1 heterocycles. The van der Waals surface area contributed by atoms with Gasteiger partial charge in [0, 0.05) is 30.0 Å². The molecule has 4 nitrogen and oxygen atoms in total. The zero-order valence-corrected chi connectivity index (χ0v) is 13.4. The molecule has 6 heteroatoms. The fourth-order valence-corrected chi connectivity index (χ4v) is 3.87. The molecule has 0 spiro atoms. The van der Waals surface area contributed by atoms with Crippen LogP contribution in [0.5, 0.6) is 0 Å². The molecule has 20 heavy (non-hydrogen) atoms. The van der Waals surface area contributed by atoms with Gasteiger partial charge in [0.15, 0.2) is 0 Å². The number of sulfonamides is 1. The number of nitrogens with zero attached hydrogens (tertiary/aromatic N) is 2. The van der Waals surface area contributed by atoms with Gasteiger partial charge in [-0.3, -0.25) is 4.98 Å². The Kier molecular flexibility index (Phi) is 4.91. The van der Waals surface area contributed by atoms with E-state index in [9.17, 15) is 8.42 Å². The molecule has 0 bridgehead atoms. The average molecular weight is 355 g/mol. The topological polar surface area (TPSA) is 50.3 Å². The molecule has 0 unspecified atom stereocenters. The maximum atomic E-state index is 12.6. The van der Waals surface area contributed by atoms with Crippen LogP contribution in [0.1, 0.15) is 12.5 Å². The van der Waals surface area contributed by atoms with Crippen LogP contribution in [-0.4, -0.2) is 24.3 Å². The molecule has 106 valence electrons. The van der Waals surface area contributed by atoms with Crippen LogP contribution >= 0.6 is 15.9 Å². The fraction of sp³-hybridized carbons (Fsp3) is 0.214. The van der Waals surface area contributed by atoms with E-state index in [1.54, 1.807) is 36.7 Å². The molecule has 0 aliphatic rings. The first-order chi connectivity index (χ1) is 9.54. The lowest BCUT2D eigenvalue weighted by atomic mass is 10.3. The minimum Gasteiger partial charge on any atom is -0.265 e. The van der Waals surface area contributed by atoms with Crippen molar-refractivity contribution in [1.29, 1.82) is 0 Å². The Morgan fingerprint density at radius 3 is 2.50 bits per heavy atom. The number of hydrogen-bond donors (Lipinski definition) is 0. The van der Waals surface area contributed by atoms with Crippen LogP contribution < -0.4 is 0 Å². The molecular weight excluding hydrogens is 340 g/mol. The van der Waals surface area contributed by atoms with Gasteiger partial charge in [-0.15, -0.1) is 0 Å². The summed E-state index contributed by atoms with van der Waals surface area (Å²) in [5.74, 6) is 0. The van der Waals surface area contributed by atoms with Gasteiger partial charge < -0.3 is 0 Å². The molecule has 1 aromatic carbocycles. The highest BCUT2D eigenvalue weighted by Crippen LogP contribution is 2.21. The van der Waals surface area contributed by atoms with Crippen molar-refractivity contribution >= 4 is 26.0 Å². The second-order valence-electron chi connectivity index (χ2n) is 4.24. The van der Waals surface area contributed by atoms with Gasteiger partial charge in [0.1, 0.15) is 0 Å². The molecule has 0 saturated carbocycles. The summed E-state index contributed by atoms with van der Waals surface area (Å²) in [6.45, 7) is 2.59. The van der Waals surface area contributed by atoms with E-state index in [-0.39, 0.29) is 0 Å². The van der Waals surface area contributed by atoms with Gasteiger partial charge in [-0.2, -0.15) is 4.31 Å². The number of pyridine rings is 1. The van der Waals surface area contributed by atoms with Crippen molar-refractivity contribution in [3.8, 4) is 0 Å². The normalized spacial score (nSPS) is 11.8. The number of halogens is 1. The van der Waals surface area contributed by atoms with E-state index >= 15 is 0 Å². The van der Waals surface area contributed by atoms with Crippen LogP contribution in [0.25, 0.3) is 0 Å². The smallest absolute Gasteiger partial charge is 0.243 e. The second kappa shape index (κ2) is 6.47. The summed E-state index contributed by atoms with van der Waals surface area (Å²) in [6, 6.07) is 10.4. The van der Waals surface area contributed by atoms with Crippen molar-refractivity contribution in [2.24, 2.45) is 0 Å². The molecule has 0 N–H and O–H groups in total. The number of rotatable bonds is 5. The van der Waals surface area contributed by atoms with Crippen LogP contribution in [0.2, 0.25) is 0 Å². The molecule has 2 aromatic rings. The summed E-state index contributed by atoms with van der Waals surface area (Å²) in [5, 5.41) is 0. The average Bonchev–Trinajstić information content (AvgIpc) is 2.45. The van der Waals surface area contributed by atoms with E-state index in [2.05, 4.69) is 20.9 Å². The van der Waals surface area contributed by atoms with Crippen molar-refractivity contribution in [2.45, 2.75) is 18.4 Å². The van der Waals surface area contributed by atoms with Crippen molar-refractivity contribution in [1.82, 2.24) is 9.29 Å². The SMILES string of the molecule is CCN(Cc1ccncc1)S(=O)(=O)c1cccc(Br)c1. The largest absolute Gasteiger partial charge is 0.265 e. The van der Waals surface area contributed by atoms with Crippen LogP contribution in [0, 0.1) is 0 Å². The number of aromatic nitrogens is 1. The third-order valence-electron chi connectivity index (χ3n) is 2.89. The maximum absolute atomic E-state index is 12.6. The molecule has 0 aliphatic heterocycles. The van der Waals surface area contributed by atoms with Gasteiger partial charge in [0.2, 0.25) is 10.0 Å². The first-order valence-electron chi connectivity index (χ1n) is 6.18. The van der Waals surface area contributed by atoms with E-state index in [1.165, 1.54) is 4.31 Å². The quantitative estimate of drug-likeness (QED) is 0.828. The molecule has 0 atom stereocenters. The predicted octanol–water partition coefficient (Wildman–Crippen LogP) is 3.05. The zero-order valence-electron chi connectivity index (χ0n) is 11.0. The summed E-state index contributed by atoms with van der Waals surface area (Å²) < 4.78 is 27.4. The van der Waals surface area contributed by atoms with E-state index in [0.29, 0.717) is 18.0 Å². The molecule has 0 radical (unpaired) electrons. The lowest BCUT2D eigenvalue weighted by molar-refractivity contribution is 0.423. The van der Waals surface area contributed by atoms with Gasteiger partial charge in [0.05, 0.1) is 4.90 Å². The van der Waals surface area contributed by atoms with Crippen molar-refractivity contribution in [2.75, 3.05) is 6.54 Å². The molecule has 2 rings (SSSR count). The minimum absolute atomic E-state index is 0.294. The Hall–Kier alpha value is -1.24. The summed E-state index contributed by atoms with van der Waals surface area (Å²) in [4.78, 5) is 4.23. The van der Waals surface area contributed by atoms with E-state index in [1.807, 2.05) is 19.1 Å². The highest BCUT2D eigenvalue weighted by atomic mass is 79.9. The van der Waals surface area contributed by atoms with E-state index in [0.717, 1.165) is 10.0 Å². The Labute approximate surface area is 127 Å².